The molecule has 4 nitrogen and oxygen atoms in total. The van der Waals surface area contributed by atoms with Gasteiger partial charge in [-0.15, -0.1) is 10.2 Å². The number of hydrogen-bond donors (Lipinski definition) is 2. The van der Waals surface area contributed by atoms with Crippen molar-refractivity contribution in [3.05, 3.63) is 40.7 Å². The highest BCUT2D eigenvalue weighted by atomic mass is 32.1. The molecule has 0 bridgehead atoms. The van der Waals surface area contributed by atoms with E-state index in [2.05, 4.69) is 15.5 Å². The molecule has 1 aliphatic carbocycles. The van der Waals surface area contributed by atoms with E-state index in [1.807, 2.05) is 0 Å². The summed E-state index contributed by atoms with van der Waals surface area (Å²) < 4.78 is 12.8. The number of nitrogens with one attached hydrogen (secondary N) is 1. The summed E-state index contributed by atoms with van der Waals surface area (Å²) in [5.41, 5.74) is 1.01. The van der Waals surface area contributed by atoms with Crippen LogP contribution in [0, 0.1) is 11.7 Å². The van der Waals surface area contributed by atoms with E-state index < -0.39 is 0 Å². The minimum Gasteiger partial charge on any atom is -0.391 e. The first-order valence-corrected chi connectivity index (χ1v) is 7.51. The zero-order chi connectivity index (χ0) is 13.9. The van der Waals surface area contributed by atoms with Gasteiger partial charge in [-0.2, -0.15) is 0 Å². The van der Waals surface area contributed by atoms with Crippen LogP contribution in [0.4, 0.5) is 9.52 Å². The number of aliphatic hydroxyl groups excluding tert-OH is 1. The van der Waals surface area contributed by atoms with Gasteiger partial charge in [0.1, 0.15) is 10.8 Å². The maximum Gasteiger partial charge on any atom is 0.205 e. The van der Waals surface area contributed by atoms with Crippen molar-refractivity contribution in [3.63, 3.8) is 0 Å². The molecule has 0 unspecified atom stereocenters. The number of hydrogen-bond acceptors (Lipinski definition) is 5. The van der Waals surface area contributed by atoms with Crippen molar-refractivity contribution in [2.24, 2.45) is 5.92 Å². The number of aromatic nitrogens is 2. The topological polar surface area (TPSA) is 58.0 Å². The van der Waals surface area contributed by atoms with Crippen LogP contribution >= 0.6 is 11.3 Å². The van der Waals surface area contributed by atoms with Crippen molar-refractivity contribution in [1.82, 2.24) is 10.2 Å². The van der Waals surface area contributed by atoms with Crippen LogP contribution < -0.4 is 5.32 Å². The van der Waals surface area contributed by atoms with E-state index in [1.54, 1.807) is 12.1 Å². The van der Waals surface area contributed by atoms with Gasteiger partial charge in [0.05, 0.1) is 6.10 Å². The minimum atomic E-state index is -0.292. The van der Waals surface area contributed by atoms with Crippen LogP contribution in [-0.4, -0.2) is 28.0 Å². The number of rotatable bonds is 6. The van der Waals surface area contributed by atoms with Gasteiger partial charge >= 0.3 is 0 Å². The van der Waals surface area contributed by atoms with Crippen LogP contribution in [0.15, 0.2) is 24.3 Å². The molecule has 0 spiro atoms. The summed E-state index contributed by atoms with van der Waals surface area (Å²) in [7, 11) is 0. The second-order valence-electron chi connectivity index (χ2n) is 5.09. The molecule has 2 N–H and O–H groups in total. The first-order chi connectivity index (χ1) is 9.70. The molecule has 0 aliphatic heterocycles. The van der Waals surface area contributed by atoms with Crippen LogP contribution in [0.2, 0.25) is 0 Å². The van der Waals surface area contributed by atoms with E-state index in [9.17, 15) is 9.50 Å². The normalized spacial score (nSPS) is 16.1. The summed E-state index contributed by atoms with van der Waals surface area (Å²) in [5.74, 6) is 0.219. The van der Waals surface area contributed by atoms with Gasteiger partial charge in [0.2, 0.25) is 5.13 Å². The Morgan fingerprint density at radius 2 is 2.05 bits per heavy atom. The number of aliphatic hydroxyl groups is 1. The summed E-state index contributed by atoms with van der Waals surface area (Å²) in [5, 5.41) is 22.6. The van der Waals surface area contributed by atoms with Crippen molar-refractivity contribution in [1.29, 1.82) is 0 Å². The molecule has 1 aromatic carbocycles. The Bertz CT molecular complexity index is 568. The Balaban J connectivity index is 1.54. The lowest BCUT2D eigenvalue weighted by atomic mass is 10.2. The van der Waals surface area contributed by atoms with Crippen LogP contribution in [0.3, 0.4) is 0 Å². The maximum absolute atomic E-state index is 12.8. The largest absolute Gasteiger partial charge is 0.391 e. The van der Waals surface area contributed by atoms with Crippen molar-refractivity contribution in [2.45, 2.75) is 25.4 Å². The Kier molecular flexibility index (Phi) is 3.93. The van der Waals surface area contributed by atoms with Gasteiger partial charge in [-0.05, 0) is 36.5 Å². The molecule has 1 fully saturated rings. The summed E-state index contributed by atoms with van der Waals surface area (Å²) in [4.78, 5) is 0. The minimum absolute atomic E-state index is 0.234. The second-order valence-corrected chi connectivity index (χ2v) is 6.15. The Morgan fingerprint density at radius 1 is 1.30 bits per heavy atom. The zero-order valence-electron chi connectivity index (χ0n) is 10.9. The van der Waals surface area contributed by atoms with Gasteiger partial charge in [-0.1, -0.05) is 23.5 Å². The first kappa shape index (κ1) is 13.5. The van der Waals surface area contributed by atoms with Crippen LogP contribution in [0.25, 0.3) is 0 Å². The van der Waals surface area contributed by atoms with Gasteiger partial charge in [0, 0.05) is 13.0 Å². The summed E-state index contributed by atoms with van der Waals surface area (Å²) in [6, 6.07) is 6.39. The average molecular weight is 293 g/mol. The third-order valence-corrected chi connectivity index (χ3v) is 4.24. The number of benzene rings is 1. The summed E-state index contributed by atoms with van der Waals surface area (Å²) in [6.45, 7) is 0.524. The maximum atomic E-state index is 12.8. The smallest absolute Gasteiger partial charge is 0.205 e. The van der Waals surface area contributed by atoms with Crippen molar-refractivity contribution < 1.29 is 9.50 Å². The Morgan fingerprint density at radius 3 is 2.75 bits per heavy atom. The van der Waals surface area contributed by atoms with E-state index in [0.29, 0.717) is 18.9 Å². The summed E-state index contributed by atoms with van der Waals surface area (Å²) >= 11 is 1.47. The van der Waals surface area contributed by atoms with Crippen molar-refractivity contribution in [2.75, 3.05) is 11.9 Å². The highest BCUT2D eigenvalue weighted by molar-refractivity contribution is 7.15. The molecule has 3 rings (SSSR count). The Labute approximate surface area is 120 Å². The van der Waals surface area contributed by atoms with E-state index >= 15 is 0 Å². The van der Waals surface area contributed by atoms with Crippen LogP contribution in [0.1, 0.15) is 23.4 Å². The molecule has 1 saturated carbocycles. The fourth-order valence-corrected chi connectivity index (χ4v) is 2.79. The van der Waals surface area contributed by atoms with Gasteiger partial charge in [-0.25, -0.2) is 4.39 Å². The summed E-state index contributed by atoms with van der Waals surface area (Å²) in [6.07, 6.45) is 2.59. The highest BCUT2D eigenvalue weighted by Crippen LogP contribution is 2.32. The molecular weight excluding hydrogens is 277 g/mol. The van der Waals surface area contributed by atoms with Crippen molar-refractivity contribution in [3.8, 4) is 0 Å². The lowest BCUT2D eigenvalue weighted by molar-refractivity contribution is 0.164. The predicted octanol–water partition coefficient (Wildman–Crippen LogP) is 2.45. The first-order valence-electron chi connectivity index (χ1n) is 6.69. The molecular formula is C14H16FN3OS. The molecule has 0 amide bonds. The highest BCUT2D eigenvalue weighted by Gasteiger charge is 2.29. The number of anilines is 1. The molecule has 1 atom stereocenters. The molecule has 20 heavy (non-hydrogen) atoms. The van der Waals surface area contributed by atoms with Gasteiger partial charge < -0.3 is 10.4 Å². The number of halogens is 1. The monoisotopic (exact) mass is 293 g/mol. The lowest BCUT2D eigenvalue weighted by Crippen LogP contribution is -2.21. The van der Waals surface area contributed by atoms with Gasteiger partial charge in [0.15, 0.2) is 0 Å². The quantitative estimate of drug-likeness (QED) is 0.859. The predicted molar refractivity (Wildman–Crippen MR) is 76.3 cm³/mol. The van der Waals surface area contributed by atoms with Crippen LogP contribution in [-0.2, 0) is 6.42 Å². The zero-order valence-corrected chi connectivity index (χ0v) is 11.7. The van der Waals surface area contributed by atoms with Crippen molar-refractivity contribution >= 4 is 16.5 Å². The van der Waals surface area contributed by atoms with E-state index in [0.717, 1.165) is 28.5 Å². The molecule has 0 radical (unpaired) electrons. The molecule has 6 heteroatoms. The average Bonchev–Trinajstić information content (AvgIpc) is 3.20. The molecule has 2 aromatic rings. The Hall–Kier alpha value is -1.53. The molecule has 0 saturated heterocycles. The van der Waals surface area contributed by atoms with E-state index in [4.69, 9.17) is 0 Å². The number of nitrogens with zero attached hydrogens (tertiary/aromatic N) is 2. The van der Waals surface area contributed by atoms with Gasteiger partial charge in [-0.3, -0.25) is 0 Å². The van der Waals surface area contributed by atoms with Gasteiger partial charge in [0.25, 0.3) is 0 Å². The standard InChI is InChI=1S/C14H16FN3OS/c15-11-5-1-9(2-6-11)7-13-17-18-14(20-13)16-8-12(19)10-3-4-10/h1-2,5-6,10,12,19H,3-4,7-8H2,(H,16,18)/t12-/m0/s1. The third kappa shape index (κ3) is 3.52. The second kappa shape index (κ2) is 5.85. The molecule has 106 valence electrons. The molecule has 1 heterocycles. The van der Waals surface area contributed by atoms with E-state index in [1.165, 1.54) is 23.5 Å². The lowest BCUT2D eigenvalue weighted by Gasteiger charge is -2.08. The third-order valence-electron chi connectivity index (χ3n) is 3.36. The molecule has 1 aromatic heterocycles. The van der Waals surface area contributed by atoms with E-state index in [-0.39, 0.29) is 11.9 Å². The fraction of sp³-hybridized carbons (Fsp3) is 0.429. The SMILES string of the molecule is O[C@@H](CNc1nnc(Cc2ccc(F)cc2)s1)C1CC1. The fourth-order valence-electron chi connectivity index (χ4n) is 2.01. The van der Waals surface area contributed by atoms with Crippen LogP contribution in [0.5, 0.6) is 0 Å². The molecule has 1 aliphatic rings.